The molecule has 0 aromatic carbocycles. The third-order valence-corrected chi connectivity index (χ3v) is 2.89. The van der Waals surface area contributed by atoms with Gasteiger partial charge in [-0.1, -0.05) is 0 Å². The van der Waals surface area contributed by atoms with Crippen LogP contribution < -0.4 is 0 Å². The number of nitrogens with zero attached hydrogens (tertiary/aromatic N) is 3. The Morgan fingerprint density at radius 2 is 2.29 bits per heavy atom. The molecule has 0 aliphatic heterocycles. The number of hydrogen-bond donors (Lipinski definition) is 0. The summed E-state index contributed by atoms with van der Waals surface area (Å²) in [7, 11) is 3.04. The Labute approximate surface area is 107 Å². The van der Waals surface area contributed by atoms with Gasteiger partial charge in [0.05, 0.1) is 19.2 Å². The molecule has 2 aromatic heterocycles. The SMILES string of the molecule is CON(C)C(=O)Cc1cn2cc(Br)ccc2n1. The summed E-state index contributed by atoms with van der Waals surface area (Å²) in [6.45, 7) is 0. The van der Waals surface area contributed by atoms with Crippen LogP contribution in [-0.4, -0.2) is 34.5 Å². The van der Waals surface area contributed by atoms with E-state index in [9.17, 15) is 4.79 Å². The van der Waals surface area contributed by atoms with Crippen LogP contribution in [0.2, 0.25) is 0 Å². The monoisotopic (exact) mass is 297 g/mol. The Morgan fingerprint density at radius 1 is 1.53 bits per heavy atom. The number of pyridine rings is 1. The molecule has 0 aliphatic carbocycles. The van der Waals surface area contributed by atoms with Crippen molar-refractivity contribution in [2.24, 2.45) is 0 Å². The van der Waals surface area contributed by atoms with Crippen LogP contribution in [0.25, 0.3) is 5.65 Å². The lowest BCUT2D eigenvalue weighted by molar-refractivity contribution is -0.167. The smallest absolute Gasteiger partial charge is 0.251 e. The molecule has 0 aliphatic rings. The van der Waals surface area contributed by atoms with Crippen LogP contribution in [0.15, 0.2) is 29.0 Å². The maximum absolute atomic E-state index is 11.6. The predicted octanol–water partition coefficient (Wildman–Crippen LogP) is 1.66. The third kappa shape index (κ3) is 2.65. The highest BCUT2D eigenvalue weighted by Crippen LogP contribution is 2.13. The molecule has 2 rings (SSSR count). The maximum atomic E-state index is 11.6. The first-order chi connectivity index (χ1) is 8.10. The minimum absolute atomic E-state index is 0.130. The number of imidazole rings is 1. The van der Waals surface area contributed by atoms with Gasteiger partial charge in [-0.2, -0.15) is 0 Å². The van der Waals surface area contributed by atoms with E-state index in [0.29, 0.717) is 0 Å². The standard InChI is InChI=1S/C11H12BrN3O2/c1-14(17-2)11(16)5-9-7-15-6-8(12)3-4-10(15)13-9/h3-4,6-7H,5H2,1-2H3. The first kappa shape index (κ1) is 12.1. The van der Waals surface area contributed by atoms with Gasteiger partial charge in [-0.3, -0.25) is 9.63 Å². The minimum Gasteiger partial charge on any atom is -0.306 e. The van der Waals surface area contributed by atoms with Gasteiger partial charge in [0.15, 0.2) is 0 Å². The van der Waals surface area contributed by atoms with Gasteiger partial charge in [-0.05, 0) is 28.1 Å². The zero-order valence-electron chi connectivity index (χ0n) is 9.55. The van der Waals surface area contributed by atoms with Crippen LogP contribution >= 0.6 is 15.9 Å². The fraction of sp³-hybridized carbons (Fsp3) is 0.273. The largest absolute Gasteiger partial charge is 0.306 e. The summed E-state index contributed by atoms with van der Waals surface area (Å²) in [5.74, 6) is -0.130. The van der Waals surface area contributed by atoms with E-state index < -0.39 is 0 Å². The van der Waals surface area contributed by atoms with Crippen molar-refractivity contribution in [2.45, 2.75) is 6.42 Å². The molecule has 1 amide bonds. The Kier molecular flexibility index (Phi) is 3.44. The van der Waals surface area contributed by atoms with Crippen molar-refractivity contribution >= 4 is 27.5 Å². The molecule has 0 N–H and O–H groups in total. The zero-order valence-corrected chi connectivity index (χ0v) is 11.1. The van der Waals surface area contributed by atoms with Gasteiger partial charge in [0.1, 0.15) is 5.65 Å². The van der Waals surface area contributed by atoms with Crippen molar-refractivity contribution in [3.05, 3.63) is 34.7 Å². The molecule has 0 atom stereocenters. The molecule has 0 radical (unpaired) electrons. The van der Waals surface area contributed by atoms with Gasteiger partial charge in [0.25, 0.3) is 5.91 Å². The summed E-state index contributed by atoms with van der Waals surface area (Å²) in [5.41, 5.74) is 1.54. The Balaban J connectivity index is 2.22. The first-order valence-electron chi connectivity index (χ1n) is 5.04. The van der Waals surface area contributed by atoms with Crippen molar-refractivity contribution in [3.8, 4) is 0 Å². The molecule has 6 heteroatoms. The molecule has 0 spiro atoms. The number of rotatable bonds is 3. The number of hydrogen-bond acceptors (Lipinski definition) is 3. The Morgan fingerprint density at radius 3 is 3.00 bits per heavy atom. The lowest BCUT2D eigenvalue weighted by Gasteiger charge is -2.11. The Hall–Kier alpha value is -1.40. The molecule has 0 bridgehead atoms. The van der Waals surface area contributed by atoms with Crippen LogP contribution in [0, 0.1) is 0 Å². The second-order valence-electron chi connectivity index (χ2n) is 3.60. The third-order valence-electron chi connectivity index (χ3n) is 2.42. The number of likely N-dealkylation sites (N-methyl/N-ethyl adjacent to an activating group) is 1. The highest BCUT2D eigenvalue weighted by molar-refractivity contribution is 9.10. The van der Waals surface area contributed by atoms with Gasteiger partial charge < -0.3 is 4.40 Å². The van der Waals surface area contributed by atoms with E-state index >= 15 is 0 Å². The quantitative estimate of drug-likeness (QED) is 0.810. The normalized spacial score (nSPS) is 10.8. The summed E-state index contributed by atoms with van der Waals surface area (Å²) < 4.78 is 2.84. The van der Waals surface area contributed by atoms with Crippen molar-refractivity contribution in [1.82, 2.24) is 14.4 Å². The van der Waals surface area contributed by atoms with E-state index in [1.165, 1.54) is 12.2 Å². The van der Waals surface area contributed by atoms with Crippen LogP contribution in [-0.2, 0) is 16.1 Å². The van der Waals surface area contributed by atoms with E-state index in [4.69, 9.17) is 4.84 Å². The van der Waals surface area contributed by atoms with Crippen molar-refractivity contribution < 1.29 is 9.63 Å². The second-order valence-corrected chi connectivity index (χ2v) is 4.51. The summed E-state index contributed by atoms with van der Waals surface area (Å²) in [4.78, 5) is 20.8. The summed E-state index contributed by atoms with van der Waals surface area (Å²) in [6.07, 6.45) is 3.96. The molecule has 5 nitrogen and oxygen atoms in total. The first-order valence-corrected chi connectivity index (χ1v) is 5.83. The van der Waals surface area contributed by atoms with Crippen molar-refractivity contribution in [2.75, 3.05) is 14.2 Å². The molecule has 0 unspecified atom stereocenters. The highest BCUT2D eigenvalue weighted by atomic mass is 79.9. The van der Waals surface area contributed by atoms with E-state index in [1.54, 1.807) is 7.05 Å². The number of hydroxylamine groups is 2. The van der Waals surface area contributed by atoms with E-state index in [0.717, 1.165) is 15.8 Å². The van der Waals surface area contributed by atoms with Gasteiger partial charge in [0, 0.05) is 23.9 Å². The van der Waals surface area contributed by atoms with Crippen molar-refractivity contribution in [1.29, 1.82) is 0 Å². The molecular formula is C11H12BrN3O2. The highest BCUT2D eigenvalue weighted by Gasteiger charge is 2.11. The molecule has 90 valence electrons. The fourth-order valence-corrected chi connectivity index (χ4v) is 1.82. The van der Waals surface area contributed by atoms with Crippen molar-refractivity contribution in [3.63, 3.8) is 0 Å². The number of carbonyl (C=O) groups excluding carboxylic acids is 1. The average molecular weight is 298 g/mol. The number of aromatic nitrogens is 2. The lowest BCUT2D eigenvalue weighted by Crippen LogP contribution is -2.27. The average Bonchev–Trinajstić information content (AvgIpc) is 2.69. The van der Waals surface area contributed by atoms with Gasteiger partial charge in [-0.15, -0.1) is 0 Å². The number of halogens is 1. The molecule has 2 heterocycles. The number of carbonyl (C=O) groups is 1. The van der Waals surface area contributed by atoms with Crippen LogP contribution in [0.5, 0.6) is 0 Å². The minimum atomic E-state index is -0.130. The molecular weight excluding hydrogens is 286 g/mol. The van der Waals surface area contributed by atoms with E-state index in [2.05, 4.69) is 20.9 Å². The summed E-state index contributed by atoms with van der Waals surface area (Å²) >= 11 is 3.38. The number of amides is 1. The van der Waals surface area contributed by atoms with Gasteiger partial charge >= 0.3 is 0 Å². The molecule has 2 aromatic rings. The van der Waals surface area contributed by atoms with Crippen LogP contribution in [0.4, 0.5) is 0 Å². The second kappa shape index (κ2) is 4.85. The number of fused-ring (bicyclic) bond motifs is 1. The molecule has 0 fully saturated rings. The lowest BCUT2D eigenvalue weighted by atomic mass is 10.3. The van der Waals surface area contributed by atoms with E-state index in [1.807, 2.05) is 28.9 Å². The Bertz CT molecular complexity index is 553. The van der Waals surface area contributed by atoms with Crippen LogP contribution in [0.1, 0.15) is 5.69 Å². The summed E-state index contributed by atoms with van der Waals surface area (Å²) in [6, 6.07) is 3.80. The molecule has 17 heavy (non-hydrogen) atoms. The zero-order chi connectivity index (χ0) is 12.4. The van der Waals surface area contributed by atoms with Gasteiger partial charge in [-0.25, -0.2) is 10.0 Å². The maximum Gasteiger partial charge on any atom is 0.251 e. The fourth-order valence-electron chi connectivity index (χ4n) is 1.47. The van der Waals surface area contributed by atoms with Crippen LogP contribution in [0.3, 0.4) is 0 Å². The molecule has 0 saturated heterocycles. The topological polar surface area (TPSA) is 46.8 Å². The van der Waals surface area contributed by atoms with E-state index in [-0.39, 0.29) is 12.3 Å². The van der Waals surface area contributed by atoms with Gasteiger partial charge in [0.2, 0.25) is 0 Å². The molecule has 0 saturated carbocycles. The predicted molar refractivity (Wildman–Crippen MR) is 66.4 cm³/mol. The summed E-state index contributed by atoms with van der Waals surface area (Å²) in [5, 5.41) is 1.19.